The molecule has 4 N–H and O–H groups in total. The molecule has 0 spiro atoms. The lowest BCUT2D eigenvalue weighted by molar-refractivity contribution is 0.0977. The van der Waals surface area contributed by atoms with Crippen molar-refractivity contribution in [3.63, 3.8) is 0 Å². The first-order valence-corrected chi connectivity index (χ1v) is 12.0. The number of β-amino-alcohol motifs (C(OH)–C–C–N with tert-alkyl or cyclic N) is 1. The van der Waals surface area contributed by atoms with Crippen molar-refractivity contribution in [1.82, 2.24) is 24.9 Å². The van der Waals surface area contributed by atoms with Gasteiger partial charge in [0, 0.05) is 19.6 Å². The topological polar surface area (TPSA) is 177 Å². The van der Waals surface area contributed by atoms with Crippen molar-refractivity contribution >= 4 is 46.5 Å². The van der Waals surface area contributed by atoms with E-state index in [4.69, 9.17) is 16.3 Å². The van der Waals surface area contributed by atoms with Gasteiger partial charge in [0.25, 0.3) is 0 Å². The van der Waals surface area contributed by atoms with E-state index in [9.17, 15) is 20.4 Å². The highest BCUT2D eigenvalue weighted by molar-refractivity contribution is 6.36. The van der Waals surface area contributed by atoms with Gasteiger partial charge in [0.05, 0.1) is 53.0 Å². The molecule has 3 heterocycles. The van der Waals surface area contributed by atoms with E-state index in [-0.39, 0.29) is 24.8 Å². The molecule has 0 saturated carbocycles. The van der Waals surface area contributed by atoms with E-state index in [1.165, 1.54) is 10.7 Å². The molecule has 2 aromatic heterocycles. The summed E-state index contributed by atoms with van der Waals surface area (Å²) in [7, 11) is 0. The number of nitrogens with one attached hydrogen (secondary N) is 3. The lowest BCUT2D eigenvalue weighted by Crippen LogP contribution is -2.54. The zero-order valence-corrected chi connectivity index (χ0v) is 21.0. The highest BCUT2D eigenvalue weighted by atomic mass is 35.5. The van der Waals surface area contributed by atoms with Crippen molar-refractivity contribution < 1.29 is 14.6 Å². The maximum atomic E-state index is 11.8. The average Bonchev–Trinajstić information content (AvgIpc) is 3.30. The van der Waals surface area contributed by atoms with Crippen LogP contribution in [0, 0.1) is 22.7 Å². The molecule has 3 aromatic rings. The van der Waals surface area contributed by atoms with Crippen LogP contribution in [-0.2, 0) is 4.74 Å². The predicted octanol–water partition coefficient (Wildman–Crippen LogP) is 2.38. The number of aromatic nitrogens is 4. The lowest BCUT2D eigenvalue weighted by atomic mass is 10.0. The molecular weight excluding hydrogens is 500 g/mol. The van der Waals surface area contributed by atoms with Crippen molar-refractivity contribution in [3.8, 4) is 12.1 Å². The van der Waals surface area contributed by atoms with Gasteiger partial charge in [-0.05, 0) is 32.4 Å². The Morgan fingerprint density at radius 2 is 2.14 bits per heavy atom. The van der Waals surface area contributed by atoms with Crippen LogP contribution >= 0.6 is 11.6 Å². The zero-order chi connectivity index (χ0) is 26.5. The molecule has 1 fully saturated rings. The number of imidazole rings is 1. The molecule has 1 amide bonds. The van der Waals surface area contributed by atoms with Crippen LogP contribution in [0.5, 0.6) is 0 Å². The van der Waals surface area contributed by atoms with Gasteiger partial charge in [-0.1, -0.05) is 11.6 Å². The number of amides is 1. The van der Waals surface area contributed by atoms with Crippen molar-refractivity contribution in [2.24, 2.45) is 0 Å². The summed E-state index contributed by atoms with van der Waals surface area (Å²) in [5.41, 5.74) is 1.86. The maximum absolute atomic E-state index is 11.8. The number of piperidine rings is 1. The number of aliphatic hydroxyl groups excluding tert-OH is 1. The average molecular weight is 525 g/mol. The van der Waals surface area contributed by atoms with Crippen LogP contribution in [0.15, 0.2) is 18.3 Å². The first kappa shape index (κ1) is 25.8. The fraction of sp³-hybridized carbons (Fsp3) is 0.391. The van der Waals surface area contributed by atoms with E-state index in [2.05, 4.69) is 37.1 Å². The van der Waals surface area contributed by atoms with E-state index in [0.29, 0.717) is 52.9 Å². The fourth-order valence-corrected chi connectivity index (χ4v) is 4.33. The van der Waals surface area contributed by atoms with Crippen LogP contribution in [0.2, 0.25) is 5.02 Å². The summed E-state index contributed by atoms with van der Waals surface area (Å²) in [4.78, 5) is 22.3. The molecule has 0 bridgehead atoms. The second kappa shape index (κ2) is 11.2. The highest BCUT2D eigenvalue weighted by Crippen LogP contribution is 2.37. The molecule has 14 heteroatoms. The molecule has 1 aromatic carbocycles. The summed E-state index contributed by atoms with van der Waals surface area (Å²) in [5, 5.41) is 43.2. The van der Waals surface area contributed by atoms with Crippen LogP contribution in [0.1, 0.15) is 31.5 Å². The minimum atomic E-state index is -0.879. The molecule has 1 aliphatic rings. The van der Waals surface area contributed by atoms with Gasteiger partial charge in [0.1, 0.15) is 6.07 Å². The van der Waals surface area contributed by atoms with E-state index in [1.807, 2.05) is 17.9 Å². The Kier molecular flexibility index (Phi) is 7.77. The minimum Gasteiger partial charge on any atom is -0.450 e. The molecule has 2 unspecified atom stereocenters. The molecule has 2 atom stereocenters. The SMILES string of the molecule is CCNc1nc(Nc2cc(C#N)cc(N3CCC(NC(=O)OCC)C(O)C3)c2Cl)nn2c(C#N)cnc12. The Hall–Kier alpha value is -4.33. The number of carbonyl (C=O) groups excluding carboxylic acids is 1. The first-order valence-electron chi connectivity index (χ1n) is 11.6. The van der Waals surface area contributed by atoms with E-state index in [1.54, 1.807) is 19.1 Å². The highest BCUT2D eigenvalue weighted by Gasteiger charge is 2.31. The second-order valence-electron chi connectivity index (χ2n) is 8.17. The van der Waals surface area contributed by atoms with Crippen molar-refractivity contribution in [3.05, 3.63) is 34.6 Å². The summed E-state index contributed by atoms with van der Waals surface area (Å²) >= 11 is 6.76. The number of hydrogen-bond donors (Lipinski definition) is 4. The molecule has 13 nitrogen and oxygen atoms in total. The quantitative estimate of drug-likeness (QED) is 0.356. The summed E-state index contributed by atoms with van der Waals surface area (Å²) in [6.45, 7) is 5.06. The van der Waals surface area contributed by atoms with Crippen LogP contribution in [0.4, 0.5) is 27.9 Å². The van der Waals surface area contributed by atoms with Gasteiger partial charge in [-0.25, -0.2) is 9.78 Å². The number of hydrogen-bond acceptors (Lipinski definition) is 11. The summed E-state index contributed by atoms with van der Waals surface area (Å²) < 4.78 is 6.27. The van der Waals surface area contributed by atoms with Gasteiger partial charge in [0.15, 0.2) is 17.2 Å². The Bertz CT molecular complexity index is 1400. The van der Waals surface area contributed by atoms with Gasteiger partial charge in [-0.2, -0.15) is 20.0 Å². The van der Waals surface area contributed by atoms with Crippen molar-refractivity contribution in [2.75, 3.05) is 41.8 Å². The smallest absolute Gasteiger partial charge is 0.407 e. The normalized spacial score (nSPS) is 17.1. The fourth-order valence-electron chi connectivity index (χ4n) is 4.05. The monoisotopic (exact) mass is 524 g/mol. The van der Waals surface area contributed by atoms with Crippen LogP contribution in [0.3, 0.4) is 0 Å². The number of nitrogens with zero attached hydrogens (tertiary/aromatic N) is 7. The van der Waals surface area contributed by atoms with Crippen LogP contribution < -0.4 is 20.9 Å². The second-order valence-corrected chi connectivity index (χ2v) is 8.55. The number of fused-ring (bicyclic) bond motifs is 1. The van der Waals surface area contributed by atoms with E-state index < -0.39 is 18.2 Å². The van der Waals surface area contributed by atoms with Gasteiger partial charge >= 0.3 is 6.09 Å². The predicted molar refractivity (Wildman–Crippen MR) is 136 cm³/mol. The van der Waals surface area contributed by atoms with Gasteiger partial charge in [-0.15, -0.1) is 5.10 Å². The number of aliphatic hydroxyl groups is 1. The Labute approximate surface area is 217 Å². The van der Waals surface area contributed by atoms with Crippen molar-refractivity contribution in [2.45, 2.75) is 32.4 Å². The lowest BCUT2D eigenvalue weighted by Gasteiger charge is -2.38. The van der Waals surface area contributed by atoms with Crippen LogP contribution in [0.25, 0.3) is 5.65 Å². The number of rotatable bonds is 7. The summed E-state index contributed by atoms with van der Waals surface area (Å²) in [6, 6.07) is 6.89. The molecular formula is C23H25ClN10O3. The molecule has 1 aliphatic heterocycles. The van der Waals surface area contributed by atoms with Gasteiger partial charge < -0.3 is 30.7 Å². The summed E-state index contributed by atoms with van der Waals surface area (Å²) in [6.07, 6.45) is 0.388. The number of carbonyl (C=O) groups is 1. The molecule has 4 rings (SSSR count). The molecule has 0 radical (unpaired) electrons. The number of anilines is 4. The number of halogens is 1. The zero-order valence-electron chi connectivity index (χ0n) is 20.2. The van der Waals surface area contributed by atoms with Gasteiger partial charge in [-0.3, -0.25) is 0 Å². The van der Waals surface area contributed by atoms with E-state index >= 15 is 0 Å². The Morgan fingerprint density at radius 1 is 1.32 bits per heavy atom. The third-order valence-corrected chi connectivity index (χ3v) is 6.15. The number of ether oxygens (including phenoxy) is 1. The molecule has 1 saturated heterocycles. The standard InChI is InChI=1S/C23H25ClN10O3/c1-3-27-20-21-28-11-14(10-26)34(21)32-22(31-20)29-16-7-13(9-25)8-17(19(16)24)33-6-5-15(18(35)12-33)30-23(36)37-4-2/h7-8,11,15,18,35H,3-6,12H2,1-2H3,(H,30,36)(H2,27,29,31,32). The van der Waals surface area contributed by atoms with Gasteiger partial charge in [0.2, 0.25) is 5.95 Å². The first-order chi connectivity index (χ1) is 17.9. The summed E-state index contributed by atoms with van der Waals surface area (Å²) in [5.74, 6) is 0.562. The third-order valence-electron chi connectivity index (χ3n) is 5.75. The third kappa shape index (κ3) is 5.43. The largest absolute Gasteiger partial charge is 0.450 e. The molecule has 37 heavy (non-hydrogen) atoms. The Balaban J connectivity index is 1.63. The number of benzene rings is 1. The Morgan fingerprint density at radius 3 is 2.81 bits per heavy atom. The minimum absolute atomic E-state index is 0.137. The molecule has 0 aliphatic carbocycles. The number of nitriles is 2. The number of alkyl carbamates (subject to hydrolysis) is 1. The molecule has 192 valence electrons. The maximum Gasteiger partial charge on any atom is 0.407 e. The van der Waals surface area contributed by atoms with Crippen molar-refractivity contribution in [1.29, 1.82) is 10.5 Å². The van der Waals surface area contributed by atoms with E-state index in [0.717, 1.165) is 0 Å². The van der Waals surface area contributed by atoms with Crippen LogP contribution in [-0.4, -0.2) is 69.2 Å².